The molecule has 1 aliphatic heterocycles. The van der Waals surface area contributed by atoms with Crippen LogP contribution in [-0.4, -0.2) is 33.8 Å². The Kier molecular flexibility index (Phi) is 7.44. The zero-order chi connectivity index (χ0) is 25.2. The third kappa shape index (κ3) is 6.20. The van der Waals surface area contributed by atoms with Crippen LogP contribution >= 0.6 is 23.2 Å². The fourth-order valence-corrected chi connectivity index (χ4v) is 5.09. The van der Waals surface area contributed by atoms with E-state index in [2.05, 4.69) is 5.32 Å². The van der Waals surface area contributed by atoms with E-state index in [4.69, 9.17) is 32.7 Å². The van der Waals surface area contributed by atoms with Gasteiger partial charge in [-0.05, 0) is 60.5 Å². The molecule has 184 valence electrons. The standard InChI is InChI=1S/C25H24Cl2N2O5S/c1-16(19-7-8-23-24(11-19)34-10-9-33-23)28-25(30)18-5-3-17(4-6-18)15-29(35(2,31)32)22-13-20(26)12-21(27)14-22/h3-8,11-14,16H,9-10,15H2,1-2H3,(H,28,30). The molecule has 35 heavy (non-hydrogen) atoms. The van der Waals surface area contributed by atoms with Gasteiger partial charge in [0.2, 0.25) is 10.0 Å². The number of nitrogens with zero attached hydrogens (tertiary/aromatic N) is 1. The molecule has 0 aliphatic carbocycles. The Morgan fingerprint density at radius 2 is 1.60 bits per heavy atom. The van der Waals surface area contributed by atoms with Crippen molar-refractivity contribution >= 4 is 44.8 Å². The number of amides is 1. The zero-order valence-corrected chi connectivity index (χ0v) is 21.5. The van der Waals surface area contributed by atoms with Crippen molar-refractivity contribution in [2.75, 3.05) is 23.8 Å². The van der Waals surface area contributed by atoms with Crippen LogP contribution in [0.2, 0.25) is 10.0 Å². The van der Waals surface area contributed by atoms with Gasteiger partial charge in [0, 0.05) is 15.6 Å². The summed E-state index contributed by atoms with van der Waals surface area (Å²) < 4.78 is 37.2. The van der Waals surface area contributed by atoms with Crippen LogP contribution in [0.5, 0.6) is 11.5 Å². The van der Waals surface area contributed by atoms with E-state index in [1.807, 2.05) is 25.1 Å². The smallest absolute Gasteiger partial charge is 0.251 e. The van der Waals surface area contributed by atoms with Gasteiger partial charge in [-0.15, -0.1) is 0 Å². The Morgan fingerprint density at radius 1 is 0.971 bits per heavy atom. The summed E-state index contributed by atoms with van der Waals surface area (Å²) in [6.45, 7) is 2.96. The summed E-state index contributed by atoms with van der Waals surface area (Å²) in [5, 5.41) is 3.64. The Hall–Kier alpha value is -2.94. The fourth-order valence-electron chi connectivity index (χ4n) is 3.70. The Labute approximate surface area is 214 Å². The predicted molar refractivity (Wildman–Crippen MR) is 137 cm³/mol. The number of sulfonamides is 1. The third-order valence-corrected chi connectivity index (χ3v) is 7.07. The molecule has 0 saturated carbocycles. The van der Waals surface area contributed by atoms with Gasteiger partial charge in [0.15, 0.2) is 11.5 Å². The highest BCUT2D eigenvalue weighted by Crippen LogP contribution is 2.33. The normalized spacial score (nSPS) is 13.7. The number of nitrogens with one attached hydrogen (secondary N) is 1. The summed E-state index contributed by atoms with van der Waals surface area (Å²) >= 11 is 12.1. The van der Waals surface area contributed by atoms with Crippen LogP contribution < -0.4 is 19.1 Å². The SMILES string of the molecule is CC(NC(=O)c1ccc(CN(c2cc(Cl)cc(Cl)c2)S(C)(=O)=O)cc1)c1ccc2c(c1)OCCO2. The first kappa shape index (κ1) is 25.2. The lowest BCUT2D eigenvalue weighted by Crippen LogP contribution is -2.29. The average molecular weight is 535 g/mol. The van der Waals surface area contributed by atoms with E-state index in [-0.39, 0.29) is 18.5 Å². The van der Waals surface area contributed by atoms with Gasteiger partial charge < -0.3 is 14.8 Å². The molecule has 1 atom stereocenters. The second-order valence-electron chi connectivity index (χ2n) is 8.19. The molecule has 10 heteroatoms. The van der Waals surface area contributed by atoms with E-state index in [1.165, 1.54) is 22.5 Å². The van der Waals surface area contributed by atoms with Crippen molar-refractivity contribution in [3.63, 3.8) is 0 Å². The molecule has 7 nitrogen and oxygen atoms in total. The molecule has 0 fully saturated rings. The predicted octanol–water partition coefficient (Wildman–Crippen LogP) is 5.22. The molecule has 1 amide bonds. The van der Waals surface area contributed by atoms with Crippen molar-refractivity contribution in [2.45, 2.75) is 19.5 Å². The van der Waals surface area contributed by atoms with Gasteiger partial charge in [0.1, 0.15) is 13.2 Å². The highest BCUT2D eigenvalue weighted by Gasteiger charge is 2.20. The Morgan fingerprint density at radius 3 is 2.23 bits per heavy atom. The number of halogens is 2. The van der Waals surface area contributed by atoms with Gasteiger partial charge >= 0.3 is 0 Å². The third-order valence-electron chi connectivity index (χ3n) is 5.49. The first-order valence-corrected chi connectivity index (χ1v) is 13.4. The van der Waals surface area contributed by atoms with E-state index in [9.17, 15) is 13.2 Å². The van der Waals surface area contributed by atoms with Crippen LogP contribution in [-0.2, 0) is 16.6 Å². The van der Waals surface area contributed by atoms with Crippen LogP contribution in [0.1, 0.15) is 34.5 Å². The molecule has 0 spiro atoms. The minimum atomic E-state index is -3.61. The van der Waals surface area contributed by atoms with Gasteiger partial charge in [-0.3, -0.25) is 9.10 Å². The van der Waals surface area contributed by atoms with Crippen molar-refractivity contribution in [1.29, 1.82) is 0 Å². The molecule has 0 bridgehead atoms. The summed E-state index contributed by atoms with van der Waals surface area (Å²) in [6, 6.07) is 16.7. The molecule has 0 aromatic heterocycles. The first-order valence-electron chi connectivity index (χ1n) is 10.8. The number of hydrogen-bond donors (Lipinski definition) is 1. The van der Waals surface area contributed by atoms with Gasteiger partial charge in [0.05, 0.1) is 24.5 Å². The topological polar surface area (TPSA) is 84.9 Å². The van der Waals surface area contributed by atoms with Crippen LogP contribution in [0, 0.1) is 0 Å². The van der Waals surface area contributed by atoms with Gasteiger partial charge in [0.25, 0.3) is 5.91 Å². The number of rotatable bonds is 7. The van der Waals surface area contributed by atoms with Crippen molar-refractivity contribution in [3.8, 4) is 11.5 Å². The van der Waals surface area contributed by atoms with Crippen LogP contribution in [0.3, 0.4) is 0 Å². The molecule has 1 heterocycles. The van der Waals surface area contributed by atoms with Crippen molar-refractivity contribution in [2.24, 2.45) is 0 Å². The molecule has 3 aromatic rings. The fraction of sp³-hybridized carbons (Fsp3) is 0.240. The number of carbonyl (C=O) groups excluding carboxylic acids is 1. The van der Waals surface area contributed by atoms with E-state index in [0.29, 0.717) is 51.6 Å². The lowest BCUT2D eigenvalue weighted by molar-refractivity contribution is 0.0939. The van der Waals surface area contributed by atoms with Gasteiger partial charge in [-0.2, -0.15) is 0 Å². The molecule has 1 unspecified atom stereocenters. The van der Waals surface area contributed by atoms with Crippen LogP contribution in [0.25, 0.3) is 0 Å². The number of fused-ring (bicyclic) bond motifs is 1. The average Bonchev–Trinajstić information content (AvgIpc) is 2.81. The maximum absolute atomic E-state index is 12.8. The molecule has 1 N–H and O–H groups in total. The second kappa shape index (κ2) is 10.4. The van der Waals surface area contributed by atoms with E-state index in [1.54, 1.807) is 24.3 Å². The zero-order valence-electron chi connectivity index (χ0n) is 19.1. The largest absolute Gasteiger partial charge is 0.486 e. The molecular weight excluding hydrogens is 511 g/mol. The molecule has 1 aliphatic rings. The van der Waals surface area contributed by atoms with Gasteiger partial charge in [-0.1, -0.05) is 41.4 Å². The quantitative estimate of drug-likeness (QED) is 0.449. The highest BCUT2D eigenvalue weighted by molar-refractivity contribution is 7.92. The number of anilines is 1. The minimum absolute atomic E-state index is 0.0605. The second-order valence-corrected chi connectivity index (χ2v) is 11.0. The van der Waals surface area contributed by atoms with E-state index < -0.39 is 10.0 Å². The van der Waals surface area contributed by atoms with Crippen molar-refractivity contribution < 1.29 is 22.7 Å². The Balaban J connectivity index is 1.46. The number of benzene rings is 3. The number of ether oxygens (including phenoxy) is 2. The van der Waals surface area contributed by atoms with E-state index in [0.717, 1.165) is 11.8 Å². The Bertz CT molecular complexity index is 1330. The van der Waals surface area contributed by atoms with Crippen molar-refractivity contribution in [1.82, 2.24) is 5.32 Å². The number of hydrogen-bond acceptors (Lipinski definition) is 5. The number of carbonyl (C=O) groups is 1. The molecule has 3 aromatic carbocycles. The monoisotopic (exact) mass is 534 g/mol. The summed E-state index contributed by atoms with van der Waals surface area (Å²) in [4.78, 5) is 12.8. The lowest BCUT2D eigenvalue weighted by Gasteiger charge is -2.23. The molecular formula is C25H24Cl2N2O5S. The summed E-state index contributed by atoms with van der Waals surface area (Å²) in [5.41, 5.74) is 2.40. The summed E-state index contributed by atoms with van der Waals surface area (Å²) in [6.07, 6.45) is 1.11. The van der Waals surface area contributed by atoms with Crippen molar-refractivity contribution in [3.05, 3.63) is 87.4 Å². The highest BCUT2D eigenvalue weighted by atomic mass is 35.5. The molecule has 0 radical (unpaired) electrons. The molecule has 4 rings (SSSR count). The minimum Gasteiger partial charge on any atom is -0.486 e. The summed E-state index contributed by atoms with van der Waals surface area (Å²) in [7, 11) is -3.61. The molecule has 0 saturated heterocycles. The first-order chi connectivity index (χ1) is 16.6. The summed E-state index contributed by atoms with van der Waals surface area (Å²) in [5.74, 6) is 1.11. The van der Waals surface area contributed by atoms with Crippen LogP contribution in [0.4, 0.5) is 5.69 Å². The van der Waals surface area contributed by atoms with Gasteiger partial charge in [-0.25, -0.2) is 8.42 Å². The van der Waals surface area contributed by atoms with Crippen LogP contribution in [0.15, 0.2) is 60.7 Å². The maximum atomic E-state index is 12.8. The maximum Gasteiger partial charge on any atom is 0.251 e. The van der Waals surface area contributed by atoms with E-state index >= 15 is 0 Å². The lowest BCUT2D eigenvalue weighted by atomic mass is 10.1.